The van der Waals surface area contributed by atoms with Gasteiger partial charge in [-0.2, -0.15) is 0 Å². The predicted molar refractivity (Wildman–Crippen MR) is 80.8 cm³/mol. The highest BCUT2D eigenvalue weighted by molar-refractivity contribution is 5.81. The van der Waals surface area contributed by atoms with Crippen LogP contribution in [-0.4, -0.2) is 41.4 Å². The molecular formula is C17H28O4. The normalized spacial score (nSPS) is 33.8. The molecule has 0 amide bonds. The van der Waals surface area contributed by atoms with Gasteiger partial charge >= 0.3 is 0 Å². The van der Waals surface area contributed by atoms with Gasteiger partial charge in [-0.15, -0.1) is 0 Å². The maximum atomic E-state index is 11.5. The van der Waals surface area contributed by atoms with Gasteiger partial charge in [0, 0.05) is 25.4 Å². The van der Waals surface area contributed by atoms with E-state index in [1.54, 1.807) is 6.08 Å². The lowest BCUT2D eigenvalue weighted by atomic mass is 9.91. The van der Waals surface area contributed by atoms with Crippen LogP contribution in [0.1, 0.15) is 45.4 Å². The van der Waals surface area contributed by atoms with Crippen molar-refractivity contribution in [1.29, 1.82) is 0 Å². The third-order valence-electron chi connectivity index (χ3n) is 4.78. The van der Waals surface area contributed by atoms with E-state index in [2.05, 4.69) is 6.92 Å². The second-order valence-corrected chi connectivity index (χ2v) is 6.49. The molecular weight excluding hydrogens is 268 g/mol. The van der Waals surface area contributed by atoms with Crippen LogP contribution >= 0.6 is 0 Å². The van der Waals surface area contributed by atoms with E-state index in [9.17, 15) is 15.0 Å². The highest BCUT2D eigenvalue weighted by atomic mass is 16.5. The summed E-state index contributed by atoms with van der Waals surface area (Å²) in [5, 5.41) is 20.0. The number of carbonyl (C=O) groups is 1. The summed E-state index contributed by atoms with van der Waals surface area (Å²) in [6, 6.07) is 0. The Hall–Kier alpha value is -0.710. The van der Waals surface area contributed by atoms with Gasteiger partial charge in [-0.3, -0.25) is 4.79 Å². The number of ketones is 1. The maximum Gasteiger partial charge on any atom is 0.133 e. The van der Waals surface area contributed by atoms with E-state index in [4.69, 9.17) is 4.74 Å². The minimum Gasteiger partial charge on any atom is -0.392 e. The average molecular weight is 296 g/mol. The molecule has 2 fully saturated rings. The lowest BCUT2D eigenvalue weighted by Crippen LogP contribution is -2.19. The van der Waals surface area contributed by atoms with Gasteiger partial charge in [0.25, 0.3) is 0 Å². The van der Waals surface area contributed by atoms with Crippen LogP contribution in [0.3, 0.4) is 0 Å². The average Bonchev–Trinajstić information content (AvgIpc) is 2.91. The number of fused-ring (bicyclic) bond motifs is 1. The van der Waals surface area contributed by atoms with Gasteiger partial charge in [-0.25, -0.2) is 0 Å². The van der Waals surface area contributed by atoms with Crippen molar-refractivity contribution in [2.45, 2.75) is 57.7 Å². The number of ether oxygens (including phenoxy) is 1. The Kier molecular flexibility index (Phi) is 6.40. The molecule has 2 saturated carbocycles. The zero-order valence-corrected chi connectivity index (χ0v) is 12.9. The van der Waals surface area contributed by atoms with Gasteiger partial charge in [-0.05, 0) is 24.7 Å². The van der Waals surface area contributed by atoms with E-state index in [1.165, 1.54) is 0 Å². The minimum absolute atomic E-state index is 0.0104. The Bertz CT molecular complexity index is 366. The van der Waals surface area contributed by atoms with Crippen molar-refractivity contribution in [2.75, 3.05) is 13.2 Å². The number of hydrogen-bond donors (Lipinski definition) is 2. The zero-order valence-electron chi connectivity index (χ0n) is 12.9. The Balaban J connectivity index is 1.73. The standard InChI is InChI=1S/C17H28O4/c1-2-3-4-7-21-11-13(18)5-6-15-16-10-14(19)8-12(16)9-17(15)20/h5-6,12-13,15-18,20H,2-4,7-11H2,1H3/t12-,13?,15+,16+,17+/m0/s1. The van der Waals surface area contributed by atoms with Crippen LogP contribution in [0, 0.1) is 17.8 Å². The molecule has 1 unspecified atom stereocenters. The first-order valence-electron chi connectivity index (χ1n) is 8.25. The van der Waals surface area contributed by atoms with Crippen molar-refractivity contribution in [3.63, 3.8) is 0 Å². The van der Waals surface area contributed by atoms with Gasteiger partial charge in [0.05, 0.1) is 18.8 Å². The third-order valence-corrected chi connectivity index (χ3v) is 4.78. The molecule has 2 rings (SSSR count). The second-order valence-electron chi connectivity index (χ2n) is 6.49. The SMILES string of the molecule is CCCCCOCC(O)C=C[C@@H]1[C@@H]2CC(=O)C[C@H]2C[C@H]1O. The van der Waals surface area contributed by atoms with Crippen LogP contribution in [0.15, 0.2) is 12.2 Å². The molecule has 0 radical (unpaired) electrons. The number of rotatable bonds is 8. The summed E-state index contributed by atoms with van der Waals surface area (Å²) in [4.78, 5) is 11.5. The largest absolute Gasteiger partial charge is 0.392 e. The first kappa shape index (κ1) is 16.7. The van der Waals surface area contributed by atoms with Crippen LogP contribution < -0.4 is 0 Å². The number of carbonyl (C=O) groups excluding carboxylic acids is 1. The lowest BCUT2D eigenvalue weighted by molar-refractivity contribution is -0.118. The van der Waals surface area contributed by atoms with Crippen LogP contribution in [0.25, 0.3) is 0 Å². The first-order chi connectivity index (χ1) is 10.1. The minimum atomic E-state index is -0.630. The zero-order chi connectivity index (χ0) is 15.2. The summed E-state index contributed by atoms with van der Waals surface area (Å²) >= 11 is 0. The van der Waals surface area contributed by atoms with E-state index < -0.39 is 6.10 Å². The fraction of sp³-hybridized carbons (Fsp3) is 0.824. The molecule has 4 heteroatoms. The van der Waals surface area contributed by atoms with Crippen molar-refractivity contribution in [3.8, 4) is 0 Å². The molecule has 21 heavy (non-hydrogen) atoms. The molecule has 2 aliphatic carbocycles. The molecule has 5 atom stereocenters. The summed E-state index contributed by atoms with van der Waals surface area (Å²) in [6.07, 6.45) is 7.87. The van der Waals surface area contributed by atoms with Crippen LogP contribution in [0.4, 0.5) is 0 Å². The number of aliphatic hydroxyl groups excluding tert-OH is 2. The maximum absolute atomic E-state index is 11.5. The topological polar surface area (TPSA) is 66.8 Å². The van der Waals surface area contributed by atoms with E-state index >= 15 is 0 Å². The third kappa shape index (κ3) is 4.63. The predicted octanol–water partition coefficient (Wildman–Crippen LogP) is 2.09. The number of Topliss-reactive ketones (excluding diaryl/α,β-unsaturated/α-hetero) is 1. The van der Waals surface area contributed by atoms with Crippen LogP contribution in [-0.2, 0) is 9.53 Å². The molecule has 2 aliphatic rings. The number of aliphatic hydroxyl groups is 2. The fourth-order valence-corrected chi connectivity index (χ4v) is 3.66. The molecule has 0 aromatic carbocycles. The smallest absolute Gasteiger partial charge is 0.133 e. The van der Waals surface area contributed by atoms with E-state index in [0.717, 1.165) is 25.7 Å². The highest BCUT2D eigenvalue weighted by Crippen LogP contribution is 2.46. The summed E-state index contributed by atoms with van der Waals surface area (Å²) in [6.45, 7) is 3.13. The van der Waals surface area contributed by atoms with Crippen molar-refractivity contribution < 1.29 is 19.7 Å². The molecule has 0 aromatic rings. The second kappa shape index (κ2) is 8.06. The molecule has 0 aliphatic heterocycles. The van der Waals surface area contributed by atoms with Crippen molar-refractivity contribution in [1.82, 2.24) is 0 Å². The Labute approximate surface area is 127 Å². The van der Waals surface area contributed by atoms with Gasteiger partial charge in [0.15, 0.2) is 0 Å². The van der Waals surface area contributed by atoms with E-state index in [-0.39, 0.29) is 17.9 Å². The van der Waals surface area contributed by atoms with Crippen molar-refractivity contribution in [3.05, 3.63) is 12.2 Å². The fourth-order valence-electron chi connectivity index (χ4n) is 3.66. The van der Waals surface area contributed by atoms with Crippen molar-refractivity contribution in [2.24, 2.45) is 17.8 Å². The van der Waals surface area contributed by atoms with Crippen LogP contribution in [0.5, 0.6) is 0 Å². The highest BCUT2D eigenvalue weighted by Gasteiger charge is 2.46. The quantitative estimate of drug-likeness (QED) is 0.531. The number of hydrogen-bond acceptors (Lipinski definition) is 4. The van der Waals surface area contributed by atoms with E-state index in [1.807, 2.05) is 6.08 Å². The van der Waals surface area contributed by atoms with Gasteiger partial charge < -0.3 is 14.9 Å². The summed E-state index contributed by atoms with van der Waals surface area (Å²) in [5.74, 6) is 0.928. The molecule has 2 N–H and O–H groups in total. The molecule has 0 bridgehead atoms. The van der Waals surface area contributed by atoms with Gasteiger partial charge in [0.2, 0.25) is 0 Å². The number of unbranched alkanes of at least 4 members (excludes halogenated alkanes) is 2. The van der Waals surface area contributed by atoms with E-state index in [0.29, 0.717) is 37.8 Å². The Morgan fingerprint density at radius 3 is 2.95 bits per heavy atom. The van der Waals surface area contributed by atoms with Gasteiger partial charge in [-0.1, -0.05) is 31.9 Å². The van der Waals surface area contributed by atoms with Crippen molar-refractivity contribution >= 4 is 5.78 Å². The monoisotopic (exact) mass is 296 g/mol. The summed E-state index contributed by atoms with van der Waals surface area (Å²) in [7, 11) is 0. The summed E-state index contributed by atoms with van der Waals surface area (Å²) in [5.41, 5.74) is 0. The molecule has 0 aromatic heterocycles. The Morgan fingerprint density at radius 2 is 2.19 bits per heavy atom. The molecule has 0 saturated heterocycles. The molecule has 4 nitrogen and oxygen atoms in total. The Morgan fingerprint density at radius 1 is 1.38 bits per heavy atom. The summed E-state index contributed by atoms with van der Waals surface area (Å²) < 4.78 is 5.43. The first-order valence-corrected chi connectivity index (χ1v) is 8.25. The molecule has 0 spiro atoms. The van der Waals surface area contributed by atoms with Crippen LogP contribution in [0.2, 0.25) is 0 Å². The van der Waals surface area contributed by atoms with Gasteiger partial charge in [0.1, 0.15) is 5.78 Å². The lowest BCUT2D eigenvalue weighted by Gasteiger charge is -2.17. The molecule has 0 heterocycles. The molecule has 120 valence electrons.